The molecule has 12 heteroatoms. The molecule has 1 aromatic heterocycles. The summed E-state index contributed by atoms with van der Waals surface area (Å²) >= 11 is 13.4. The zero-order chi connectivity index (χ0) is 26.9. The smallest absolute Gasteiger partial charge is 0.321 e. The predicted molar refractivity (Wildman–Crippen MR) is 140 cm³/mol. The number of anilines is 1. The number of ether oxygens (including phenoxy) is 1. The number of nitrogens with zero attached hydrogens (tertiary/aromatic N) is 4. The number of urea groups is 1. The summed E-state index contributed by atoms with van der Waals surface area (Å²) in [4.78, 5) is 32.7. The molecule has 1 saturated carbocycles. The van der Waals surface area contributed by atoms with Crippen LogP contribution >= 0.6 is 23.2 Å². The summed E-state index contributed by atoms with van der Waals surface area (Å²) in [6.45, 7) is 4.42. The minimum atomic E-state index is -0.590. The molecule has 1 saturated heterocycles. The minimum Gasteiger partial charge on any atom is -0.465 e. The Hall–Kier alpha value is -3.21. The van der Waals surface area contributed by atoms with Gasteiger partial charge in [0.2, 0.25) is 0 Å². The van der Waals surface area contributed by atoms with Gasteiger partial charge >= 0.3 is 12.0 Å². The summed E-state index contributed by atoms with van der Waals surface area (Å²) < 4.78 is 23.7. The maximum absolute atomic E-state index is 13.3. The molecule has 1 aliphatic carbocycles. The Kier molecular flexibility index (Phi) is 7.56. The number of amides is 2. The fourth-order valence-corrected chi connectivity index (χ4v) is 5.49. The molecule has 2 amide bonds. The maximum atomic E-state index is 13.3. The molecule has 38 heavy (non-hydrogen) atoms. The van der Waals surface area contributed by atoms with E-state index in [1.807, 2.05) is 4.90 Å². The van der Waals surface area contributed by atoms with Crippen LogP contribution in [-0.4, -0.2) is 71.3 Å². The van der Waals surface area contributed by atoms with Crippen molar-refractivity contribution in [2.45, 2.75) is 25.2 Å². The number of hydrogen-bond acceptors (Lipinski definition) is 7. The van der Waals surface area contributed by atoms with E-state index >= 15 is 0 Å². The van der Waals surface area contributed by atoms with Gasteiger partial charge in [0.25, 0.3) is 5.89 Å². The average molecular weight is 562 g/mol. The molecular formula is C26H26Cl2FN5O4. The number of carbonyl (C=O) groups excluding carboxylic acids is 2. The molecule has 1 aliphatic heterocycles. The molecule has 2 heterocycles. The second-order valence-corrected chi connectivity index (χ2v) is 10.1. The van der Waals surface area contributed by atoms with Crippen LogP contribution in [0, 0.1) is 5.82 Å². The van der Waals surface area contributed by atoms with Gasteiger partial charge in [-0.15, -0.1) is 0 Å². The van der Waals surface area contributed by atoms with Gasteiger partial charge in [-0.2, -0.15) is 4.98 Å². The zero-order valence-corrected chi connectivity index (χ0v) is 22.2. The average Bonchev–Trinajstić information content (AvgIpc) is 3.51. The summed E-state index contributed by atoms with van der Waals surface area (Å²) in [5.74, 6) is 0.118. The van der Waals surface area contributed by atoms with E-state index in [2.05, 4.69) is 15.5 Å². The van der Waals surface area contributed by atoms with Gasteiger partial charge in [-0.1, -0.05) is 28.4 Å². The number of carbonyl (C=O) groups is 2. The number of rotatable bonds is 7. The lowest BCUT2D eigenvalue weighted by Crippen LogP contribution is -2.51. The van der Waals surface area contributed by atoms with Crippen molar-refractivity contribution in [3.63, 3.8) is 0 Å². The van der Waals surface area contributed by atoms with Gasteiger partial charge in [-0.25, -0.2) is 9.18 Å². The summed E-state index contributed by atoms with van der Waals surface area (Å²) in [7, 11) is 0. The lowest BCUT2D eigenvalue weighted by Gasteiger charge is -2.34. The van der Waals surface area contributed by atoms with Crippen LogP contribution in [0.2, 0.25) is 10.0 Å². The van der Waals surface area contributed by atoms with Crippen LogP contribution in [0.15, 0.2) is 40.9 Å². The second-order valence-electron chi connectivity index (χ2n) is 9.33. The highest BCUT2D eigenvalue weighted by Gasteiger charge is 2.52. The Morgan fingerprint density at radius 1 is 1.11 bits per heavy atom. The van der Waals surface area contributed by atoms with E-state index in [0.29, 0.717) is 65.5 Å². The third-order valence-electron chi connectivity index (χ3n) is 6.78. The van der Waals surface area contributed by atoms with Gasteiger partial charge in [0.05, 0.1) is 18.6 Å². The van der Waals surface area contributed by atoms with E-state index in [1.54, 1.807) is 36.1 Å². The Morgan fingerprint density at radius 2 is 1.76 bits per heavy atom. The van der Waals surface area contributed by atoms with Crippen LogP contribution in [-0.2, 0) is 14.9 Å². The lowest BCUT2D eigenvalue weighted by atomic mass is 9.94. The molecule has 5 rings (SSSR count). The Bertz CT molecular complexity index is 1310. The summed E-state index contributed by atoms with van der Waals surface area (Å²) in [6, 6.07) is 8.86. The summed E-state index contributed by atoms with van der Waals surface area (Å²) in [5.41, 5.74) is 1.17. The molecule has 9 nitrogen and oxygen atoms in total. The monoisotopic (exact) mass is 561 g/mol. The van der Waals surface area contributed by atoms with E-state index < -0.39 is 5.41 Å². The Balaban J connectivity index is 1.26. The number of aromatic nitrogens is 2. The van der Waals surface area contributed by atoms with Crippen LogP contribution < -0.4 is 5.32 Å². The third-order valence-corrected chi connectivity index (χ3v) is 7.38. The number of esters is 1. The van der Waals surface area contributed by atoms with Crippen LogP contribution in [0.4, 0.5) is 14.9 Å². The first-order chi connectivity index (χ1) is 18.3. The van der Waals surface area contributed by atoms with E-state index in [-0.39, 0.29) is 30.3 Å². The van der Waals surface area contributed by atoms with E-state index in [9.17, 15) is 14.0 Å². The number of piperazine rings is 1. The SMILES string of the molecule is CCOC(=O)CN1CCN(C(=O)Nc2cc(Cl)c(C3(c4noc(-c5ccc(F)cc5)n4)CC3)c(Cl)c2)CC1. The second kappa shape index (κ2) is 10.9. The molecule has 3 aromatic rings. The van der Waals surface area contributed by atoms with Crippen molar-refractivity contribution in [3.8, 4) is 11.5 Å². The van der Waals surface area contributed by atoms with E-state index in [0.717, 1.165) is 12.8 Å². The van der Waals surface area contributed by atoms with Crippen LogP contribution in [0.25, 0.3) is 11.5 Å². The third kappa shape index (κ3) is 5.48. The first kappa shape index (κ1) is 26.4. The first-order valence-corrected chi connectivity index (χ1v) is 13.1. The highest BCUT2D eigenvalue weighted by atomic mass is 35.5. The Labute approximate surface area is 228 Å². The van der Waals surface area contributed by atoms with Gasteiger partial charge in [0, 0.05) is 53.0 Å². The molecule has 0 spiro atoms. The van der Waals surface area contributed by atoms with Crippen molar-refractivity contribution < 1.29 is 23.2 Å². The number of halogens is 3. The van der Waals surface area contributed by atoms with Crippen molar-refractivity contribution in [2.75, 3.05) is 44.6 Å². The largest absolute Gasteiger partial charge is 0.465 e. The fraction of sp³-hybridized carbons (Fsp3) is 0.385. The molecule has 0 unspecified atom stereocenters. The van der Waals surface area contributed by atoms with Gasteiger partial charge in [0.1, 0.15) is 5.82 Å². The van der Waals surface area contributed by atoms with Gasteiger partial charge in [0.15, 0.2) is 5.82 Å². The molecule has 0 radical (unpaired) electrons. The lowest BCUT2D eigenvalue weighted by molar-refractivity contribution is -0.144. The van der Waals surface area contributed by atoms with E-state index in [1.165, 1.54) is 12.1 Å². The van der Waals surface area contributed by atoms with E-state index in [4.69, 9.17) is 32.5 Å². The standard InChI is InChI=1S/C26H26Cl2FN5O4/c1-2-37-21(35)15-33-9-11-34(12-10-33)25(36)30-18-13-19(27)22(20(28)14-18)26(7-8-26)24-31-23(38-32-24)16-3-5-17(29)6-4-16/h3-6,13-14H,2,7-12,15H2,1H3,(H,30,36). The molecule has 0 atom stereocenters. The number of nitrogens with one attached hydrogen (secondary N) is 1. The van der Waals surface area contributed by atoms with Crippen molar-refractivity contribution in [3.05, 3.63) is 63.6 Å². The molecule has 2 aromatic carbocycles. The highest BCUT2D eigenvalue weighted by Crippen LogP contribution is 2.57. The summed E-state index contributed by atoms with van der Waals surface area (Å²) in [6.07, 6.45) is 1.47. The van der Waals surface area contributed by atoms with Crippen molar-refractivity contribution >= 4 is 40.9 Å². The normalized spacial score (nSPS) is 16.8. The van der Waals surface area contributed by atoms with Crippen molar-refractivity contribution in [2.24, 2.45) is 0 Å². The van der Waals surface area contributed by atoms with Crippen LogP contribution in [0.1, 0.15) is 31.2 Å². The molecule has 2 fully saturated rings. The number of hydrogen-bond donors (Lipinski definition) is 1. The maximum Gasteiger partial charge on any atom is 0.321 e. The zero-order valence-electron chi connectivity index (χ0n) is 20.7. The minimum absolute atomic E-state index is 0.212. The molecule has 2 aliphatic rings. The topological polar surface area (TPSA) is 101 Å². The van der Waals surface area contributed by atoms with Gasteiger partial charge < -0.3 is 19.5 Å². The quantitative estimate of drug-likeness (QED) is 0.406. The Morgan fingerprint density at radius 3 is 2.37 bits per heavy atom. The molecule has 200 valence electrons. The highest BCUT2D eigenvalue weighted by molar-refractivity contribution is 6.37. The van der Waals surface area contributed by atoms with Crippen molar-refractivity contribution in [1.82, 2.24) is 19.9 Å². The first-order valence-electron chi connectivity index (χ1n) is 12.3. The van der Waals surface area contributed by atoms with Crippen molar-refractivity contribution in [1.29, 1.82) is 0 Å². The summed E-state index contributed by atoms with van der Waals surface area (Å²) in [5, 5.41) is 7.81. The molecule has 0 bridgehead atoms. The predicted octanol–water partition coefficient (Wildman–Crippen LogP) is 4.98. The van der Waals surface area contributed by atoms with Gasteiger partial charge in [-0.3, -0.25) is 9.69 Å². The van der Waals surface area contributed by atoms with Crippen LogP contribution in [0.3, 0.4) is 0 Å². The molecule has 1 N–H and O–H groups in total. The molecular weight excluding hydrogens is 536 g/mol. The van der Waals surface area contributed by atoms with Gasteiger partial charge in [-0.05, 0) is 56.2 Å². The van der Waals surface area contributed by atoms with Crippen LogP contribution in [0.5, 0.6) is 0 Å². The fourth-order valence-electron chi connectivity index (χ4n) is 4.64. The number of benzene rings is 2.